The Labute approximate surface area is 151 Å². The Morgan fingerprint density at radius 3 is 2.46 bits per heavy atom. The fourth-order valence-electron chi connectivity index (χ4n) is 2.52. The van der Waals surface area contributed by atoms with E-state index in [2.05, 4.69) is 28.7 Å². The molecule has 140 valence electrons. The average Bonchev–Trinajstić information content (AvgIpc) is 2.64. The normalized spacial score (nSPS) is 11.4. The highest BCUT2D eigenvalue weighted by atomic mass is 16.5. The number of methoxy groups -OCH3 is 1. The van der Waals surface area contributed by atoms with Gasteiger partial charge in [0.05, 0.1) is 19.3 Å². The zero-order valence-electron chi connectivity index (χ0n) is 15.2. The zero-order chi connectivity index (χ0) is 19.1. The van der Waals surface area contributed by atoms with Gasteiger partial charge in [-0.05, 0) is 37.4 Å². The van der Waals surface area contributed by atoms with Crippen molar-refractivity contribution in [3.8, 4) is 17.3 Å². The first-order valence-corrected chi connectivity index (χ1v) is 8.46. The van der Waals surface area contributed by atoms with Crippen LogP contribution in [0.25, 0.3) is 5.69 Å². The highest BCUT2D eigenvalue weighted by Crippen LogP contribution is 2.18. The van der Waals surface area contributed by atoms with Gasteiger partial charge in [0.1, 0.15) is 11.3 Å². The lowest BCUT2D eigenvalue weighted by atomic mass is 10.2. The predicted molar refractivity (Wildman–Crippen MR) is 101 cm³/mol. The molecule has 1 heterocycles. The van der Waals surface area contributed by atoms with Crippen LogP contribution in [0.5, 0.6) is 11.6 Å². The van der Waals surface area contributed by atoms with Gasteiger partial charge < -0.3 is 14.7 Å². The summed E-state index contributed by atoms with van der Waals surface area (Å²) in [6.07, 6.45) is 1.30. The van der Waals surface area contributed by atoms with Crippen LogP contribution >= 0.6 is 0 Å². The Kier molecular flexibility index (Phi) is 6.74. The van der Waals surface area contributed by atoms with E-state index >= 15 is 0 Å². The third kappa shape index (κ3) is 4.40. The number of hydrogen-bond donors (Lipinski definition) is 2. The van der Waals surface area contributed by atoms with E-state index < -0.39 is 17.1 Å². The van der Waals surface area contributed by atoms with Crippen molar-refractivity contribution in [2.45, 2.75) is 13.8 Å². The molecular weight excluding hydrogens is 336 g/mol. The van der Waals surface area contributed by atoms with Crippen LogP contribution in [0.1, 0.15) is 19.4 Å². The van der Waals surface area contributed by atoms with Crippen LogP contribution in [0.2, 0.25) is 0 Å². The SMILES string of the molecule is CCN(CC)CCN=Cc1c(O)n(-c2ccc(OC)cc2)c(=O)[nH]c1=O. The Balaban J connectivity index is 2.33. The van der Waals surface area contributed by atoms with Crippen molar-refractivity contribution in [3.05, 3.63) is 50.7 Å². The maximum atomic E-state index is 12.1. The minimum atomic E-state index is -0.724. The summed E-state index contributed by atoms with van der Waals surface area (Å²) in [5, 5.41) is 10.4. The highest BCUT2D eigenvalue weighted by molar-refractivity contribution is 5.82. The first-order valence-electron chi connectivity index (χ1n) is 8.46. The first kappa shape index (κ1) is 19.5. The molecule has 2 rings (SSSR count). The first-order chi connectivity index (χ1) is 12.5. The number of likely N-dealkylation sites (N-methyl/N-ethyl adjacent to an activating group) is 1. The molecule has 0 bridgehead atoms. The van der Waals surface area contributed by atoms with Crippen LogP contribution < -0.4 is 16.0 Å². The molecule has 0 aliphatic heterocycles. The van der Waals surface area contributed by atoms with Gasteiger partial charge in [-0.1, -0.05) is 13.8 Å². The molecule has 2 aromatic rings. The van der Waals surface area contributed by atoms with Crippen LogP contribution in [0, 0.1) is 0 Å². The number of aromatic hydroxyl groups is 1. The second-order valence-electron chi connectivity index (χ2n) is 5.59. The Hall–Kier alpha value is -2.87. The average molecular weight is 360 g/mol. The molecule has 1 aromatic heterocycles. The number of hydrogen-bond acceptors (Lipinski definition) is 6. The van der Waals surface area contributed by atoms with Crippen LogP contribution in [0.15, 0.2) is 38.8 Å². The van der Waals surface area contributed by atoms with E-state index in [4.69, 9.17) is 4.74 Å². The molecule has 0 saturated carbocycles. The number of rotatable bonds is 8. The Morgan fingerprint density at radius 1 is 1.23 bits per heavy atom. The fraction of sp³-hybridized carbons (Fsp3) is 0.389. The number of benzene rings is 1. The van der Waals surface area contributed by atoms with Gasteiger partial charge in [-0.2, -0.15) is 0 Å². The zero-order valence-corrected chi connectivity index (χ0v) is 15.2. The summed E-state index contributed by atoms with van der Waals surface area (Å²) in [6.45, 7) is 7.20. The molecule has 0 saturated heterocycles. The van der Waals surface area contributed by atoms with Gasteiger partial charge in [-0.25, -0.2) is 9.36 Å². The highest BCUT2D eigenvalue weighted by Gasteiger charge is 2.14. The number of nitrogens with one attached hydrogen (secondary N) is 1. The maximum absolute atomic E-state index is 12.1. The Bertz CT molecular complexity index is 864. The van der Waals surface area contributed by atoms with E-state index in [9.17, 15) is 14.7 Å². The fourth-order valence-corrected chi connectivity index (χ4v) is 2.52. The number of aromatic amines is 1. The van der Waals surface area contributed by atoms with E-state index in [1.54, 1.807) is 24.3 Å². The lowest BCUT2D eigenvalue weighted by Gasteiger charge is -2.15. The van der Waals surface area contributed by atoms with Crippen molar-refractivity contribution < 1.29 is 9.84 Å². The molecule has 0 spiro atoms. The monoisotopic (exact) mass is 360 g/mol. The Morgan fingerprint density at radius 2 is 1.88 bits per heavy atom. The van der Waals surface area contributed by atoms with Gasteiger partial charge in [0.25, 0.3) is 5.56 Å². The van der Waals surface area contributed by atoms with Crippen molar-refractivity contribution in [2.75, 3.05) is 33.3 Å². The molecule has 0 aliphatic rings. The molecule has 0 aliphatic carbocycles. The summed E-state index contributed by atoms with van der Waals surface area (Å²) in [4.78, 5) is 32.8. The summed E-state index contributed by atoms with van der Waals surface area (Å²) in [5.41, 5.74) is -1.05. The second-order valence-corrected chi connectivity index (χ2v) is 5.59. The molecule has 8 heteroatoms. The largest absolute Gasteiger partial charge is 0.497 e. The van der Waals surface area contributed by atoms with Crippen molar-refractivity contribution in [3.63, 3.8) is 0 Å². The number of H-pyrrole nitrogens is 1. The lowest BCUT2D eigenvalue weighted by Crippen LogP contribution is -2.31. The van der Waals surface area contributed by atoms with Gasteiger partial charge in [-0.3, -0.25) is 14.8 Å². The molecule has 0 unspecified atom stereocenters. The van der Waals surface area contributed by atoms with Gasteiger partial charge in [0.2, 0.25) is 5.88 Å². The molecular formula is C18H24N4O4. The molecule has 0 radical (unpaired) electrons. The van der Waals surface area contributed by atoms with E-state index in [0.29, 0.717) is 18.0 Å². The number of aliphatic imine (C=N–C) groups is 1. The topological polar surface area (TPSA) is 99.9 Å². The molecule has 26 heavy (non-hydrogen) atoms. The third-order valence-electron chi connectivity index (χ3n) is 4.11. The third-order valence-corrected chi connectivity index (χ3v) is 4.11. The molecule has 1 aromatic carbocycles. The molecule has 2 N–H and O–H groups in total. The number of ether oxygens (including phenoxy) is 1. The van der Waals surface area contributed by atoms with E-state index in [0.717, 1.165) is 24.2 Å². The van der Waals surface area contributed by atoms with Gasteiger partial charge in [0, 0.05) is 12.8 Å². The van der Waals surface area contributed by atoms with Crippen LogP contribution in [0.3, 0.4) is 0 Å². The molecule has 0 atom stereocenters. The van der Waals surface area contributed by atoms with E-state index in [1.807, 2.05) is 0 Å². The molecule has 0 fully saturated rings. The minimum Gasteiger partial charge on any atom is -0.497 e. The number of nitrogens with zero attached hydrogens (tertiary/aromatic N) is 3. The quantitative estimate of drug-likeness (QED) is 0.684. The standard InChI is InChI=1S/C18H24N4O4/c1-4-21(5-2)11-10-19-12-15-16(23)20-18(25)22(17(15)24)13-6-8-14(26-3)9-7-13/h6-9,12,24H,4-5,10-11H2,1-3H3,(H,20,23,25). The summed E-state index contributed by atoms with van der Waals surface area (Å²) in [6, 6.07) is 6.54. The van der Waals surface area contributed by atoms with Crippen molar-refractivity contribution in [1.82, 2.24) is 14.5 Å². The van der Waals surface area contributed by atoms with Crippen LogP contribution in [0.4, 0.5) is 0 Å². The number of aromatic nitrogens is 2. The molecule has 0 amide bonds. The van der Waals surface area contributed by atoms with Crippen molar-refractivity contribution in [2.24, 2.45) is 4.99 Å². The lowest BCUT2D eigenvalue weighted by molar-refractivity contribution is 0.313. The van der Waals surface area contributed by atoms with Crippen LogP contribution in [-0.2, 0) is 0 Å². The molecule has 8 nitrogen and oxygen atoms in total. The van der Waals surface area contributed by atoms with Crippen molar-refractivity contribution in [1.29, 1.82) is 0 Å². The summed E-state index contributed by atoms with van der Waals surface area (Å²) >= 11 is 0. The summed E-state index contributed by atoms with van der Waals surface area (Å²) in [7, 11) is 1.53. The summed E-state index contributed by atoms with van der Waals surface area (Å²) in [5.74, 6) is 0.166. The van der Waals surface area contributed by atoms with E-state index in [-0.39, 0.29) is 5.56 Å². The van der Waals surface area contributed by atoms with Gasteiger partial charge in [-0.15, -0.1) is 0 Å². The predicted octanol–water partition coefficient (Wildman–Crippen LogP) is 1.00. The van der Waals surface area contributed by atoms with Gasteiger partial charge >= 0.3 is 5.69 Å². The summed E-state index contributed by atoms with van der Waals surface area (Å²) < 4.78 is 6.10. The van der Waals surface area contributed by atoms with E-state index in [1.165, 1.54) is 13.3 Å². The minimum absolute atomic E-state index is 0.0556. The van der Waals surface area contributed by atoms with Crippen LogP contribution in [-0.4, -0.2) is 59.1 Å². The second kappa shape index (κ2) is 9.00. The smallest absolute Gasteiger partial charge is 0.335 e. The van der Waals surface area contributed by atoms with Gasteiger partial charge in [0.15, 0.2) is 0 Å². The van der Waals surface area contributed by atoms with Crippen molar-refractivity contribution >= 4 is 6.21 Å². The maximum Gasteiger partial charge on any atom is 0.335 e.